The standard InChI is InChI=1S/C23H31F3N6O7/c24-23(25,26)21(37)38-9-13-16(35)17(36)20(39-13)32-10-29-15-18(27)30-22(31-19(15)32)28-8-7-12-3-1-11(2-4-12)5-6-14(33)34/h10-13,16-17,20,35-36H,1-9H2,(H,33,34)(H3,27,28,30,31)/t11?,12?,13-,16-,17-,20-/m1/s1. The van der Waals surface area contributed by atoms with E-state index in [1.807, 2.05) is 0 Å². The highest BCUT2D eigenvalue weighted by molar-refractivity contribution is 5.83. The normalized spacial score (nSPS) is 27.5. The van der Waals surface area contributed by atoms with Crippen molar-refractivity contribution in [3.63, 3.8) is 0 Å². The van der Waals surface area contributed by atoms with E-state index in [0.717, 1.165) is 32.1 Å². The van der Waals surface area contributed by atoms with Gasteiger partial charge in [0.25, 0.3) is 0 Å². The van der Waals surface area contributed by atoms with Crippen molar-refractivity contribution >= 4 is 34.9 Å². The number of aliphatic carboxylic acids is 1. The first-order valence-electron chi connectivity index (χ1n) is 12.6. The minimum absolute atomic E-state index is 0.0453. The van der Waals surface area contributed by atoms with Gasteiger partial charge in [-0.1, -0.05) is 25.7 Å². The molecule has 2 aliphatic rings. The predicted octanol–water partition coefficient (Wildman–Crippen LogP) is 1.61. The van der Waals surface area contributed by atoms with E-state index in [4.69, 9.17) is 15.6 Å². The number of anilines is 2. The zero-order valence-corrected chi connectivity index (χ0v) is 20.9. The van der Waals surface area contributed by atoms with Gasteiger partial charge in [-0.3, -0.25) is 9.36 Å². The van der Waals surface area contributed by atoms with Crippen molar-refractivity contribution in [2.24, 2.45) is 11.8 Å². The molecule has 2 fully saturated rings. The number of nitrogens with two attached hydrogens (primary N) is 1. The third kappa shape index (κ3) is 6.86. The van der Waals surface area contributed by atoms with Crippen LogP contribution in [0.3, 0.4) is 0 Å². The predicted molar refractivity (Wildman–Crippen MR) is 128 cm³/mol. The number of carboxylic acid groups (broad SMARTS) is 1. The van der Waals surface area contributed by atoms with Gasteiger partial charge in [0.05, 0.1) is 6.33 Å². The number of carboxylic acids is 1. The fourth-order valence-electron chi connectivity index (χ4n) is 5.06. The van der Waals surface area contributed by atoms with Crippen LogP contribution in [0.1, 0.15) is 51.2 Å². The highest BCUT2D eigenvalue weighted by atomic mass is 19.4. The summed E-state index contributed by atoms with van der Waals surface area (Å²) in [6.07, 6.45) is -4.15. The summed E-state index contributed by atoms with van der Waals surface area (Å²) in [5.41, 5.74) is 6.39. The van der Waals surface area contributed by atoms with Crippen molar-refractivity contribution in [2.75, 3.05) is 24.2 Å². The molecule has 216 valence electrons. The molecule has 6 N–H and O–H groups in total. The second-order valence-electron chi connectivity index (χ2n) is 9.93. The van der Waals surface area contributed by atoms with Crippen LogP contribution < -0.4 is 11.1 Å². The molecule has 4 atom stereocenters. The summed E-state index contributed by atoms with van der Waals surface area (Å²) in [5.74, 6) is -2.04. The molecule has 1 saturated carbocycles. The molecule has 1 saturated heterocycles. The Labute approximate surface area is 220 Å². The van der Waals surface area contributed by atoms with Crippen LogP contribution >= 0.6 is 0 Å². The number of ether oxygens (including phenoxy) is 2. The first-order chi connectivity index (χ1) is 18.4. The molecule has 13 nitrogen and oxygen atoms in total. The molecule has 0 aromatic carbocycles. The lowest BCUT2D eigenvalue weighted by molar-refractivity contribution is -0.203. The Balaban J connectivity index is 1.36. The third-order valence-corrected chi connectivity index (χ3v) is 7.24. The number of rotatable bonds is 10. The van der Waals surface area contributed by atoms with Gasteiger partial charge in [0.2, 0.25) is 5.95 Å². The number of hydrogen-bond donors (Lipinski definition) is 5. The van der Waals surface area contributed by atoms with Crippen LogP contribution in [0.4, 0.5) is 24.9 Å². The molecular weight excluding hydrogens is 529 g/mol. The fourth-order valence-corrected chi connectivity index (χ4v) is 5.06. The molecule has 3 heterocycles. The van der Waals surface area contributed by atoms with Crippen LogP contribution in [0.25, 0.3) is 11.2 Å². The summed E-state index contributed by atoms with van der Waals surface area (Å²) in [6.45, 7) is -0.372. The number of aromatic nitrogens is 4. The average molecular weight is 561 g/mol. The molecule has 0 spiro atoms. The number of carbonyl (C=O) groups excluding carboxylic acids is 1. The first-order valence-corrected chi connectivity index (χ1v) is 12.6. The zero-order valence-electron chi connectivity index (χ0n) is 20.9. The quantitative estimate of drug-likeness (QED) is 0.264. The van der Waals surface area contributed by atoms with E-state index in [2.05, 4.69) is 25.0 Å². The lowest BCUT2D eigenvalue weighted by Gasteiger charge is -2.28. The lowest BCUT2D eigenvalue weighted by atomic mass is 9.79. The van der Waals surface area contributed by atoms with E-state index < -0.39 is 49.3 Å². The van der Waals surface area contributed by atoms with Gasteiger partial charge in [0.15, 0.2) is 17.7 Å². The van der Waals surface area contributed by atoms with Crippen LogP contribution in [-0.4, -0.2) is 84.4 Å². The van der Waals surface area contributed by atoms with Crippen LogP contribution in [0, 0.1) is 11.8 Å². The number of carbonyl (C=O) groups is 2. The fraction of sp³-hybridized carbons (Fsp3) is 0.696. The second kappa shape index (κ2) is 11.9. The SMILES string of the molecule is Nc1nc(NCCC2CCC(CCC(=O)O)CC2)nc2c1ncn2[C@@H]1O[C@H](COC(=O)C(F)(F)F)[C@@H](O)[C@H]1O. The Kier molecular flexibility index (Phi) is 8.76. The van der Waals surface area contributed by atoms with Gasteiger partial charge in [-0.2, -0.15) is 23.1 Å². The van der Waals surface area contributed by atoms with E-state index in [1.165, 1.54) is 10.9 Å². The monoisotopic (exact) mass is 560 g/mol. The summed E-state index contributed by atoms with van der Waals surface area (Å²) in [5, 5.41) is 32.7. The van der Waals surface area contributed by atoms with E-state index >= 15 is 0 Å². The smallest absolute Gasteiger partial charge is 0.481 e. The van der Waals surface area contributed by atoms with Crippen LogP contribution in [0.2, 0.25) is 0 Å². The van der Waals surface area contributed by atoms with Crippen LogP contribution in [0.5, 0.6) is 0 Å². The topological polar surface area (TPSA) is 195 Å². The zero-order chi connectivity index (χ0) is 28.3. The number of halogens is 3. The highest BCUT2D eigenvalue weighted by Crippen LogP contribution is 2.34. The molecule has 1 aliphatic heterocycles. The van der Waals surface area contributed by atoms with E-state index in [1.54, 1.807) is 0 Å². The van der Waals surface area contributed by atoms with Crippen LogP contribution in [0.15, 0.2) is 6.33 Å². The highest BCUT2D eigenvalue weighted by Gasteiger charge is 2.47. The molecule has 0 amide bonds. The Morgan fingerprint density at radius 2 is 1.79 bits per heavy atom. The number of esters is 1. The van der Waals surface area contributed by atoms with Gasteiger partial charge in [0, 0.05) is 13.0 Å². The van der Waals surface area contributed by atoms with Gasteiger partial charge in [-0.15, -0.1) is 0 Å². The van der Waals surface area contributed by atoms with Gasteiger partial charge < -0.3 is 35.8 Å². The minimum atomic E-state index is -5.21. The summed E-state index contributed by atoms with van der Waals surface area (Å²) >= 11 is 0. The molecule has 16 heteroatoms. The number of imidazole rings is 1. The number of fused-ring (bicyclic) bond motifs is 1. The molecule has 1 aliphatic carbocycles. The van der Waals surface area contributed by atoms with Crippen molar-refractivity contribution in [3.05, 3.63) is 6.33 Å². The van der Waals surface area contributed by atoms with Crippen molar-refractivity contribution in [3.8, 4) is 0 Å². The number of nitrogen functional groups attached to an aromatic ring is 1. The van der Waals surface area contributed by atoms with Crippen molar-refractivity contribution in [1.29, 1.82) is 0 Å². The Morgan fingerprint density at radius 1 is 1.13 bits per heavy atom. The Hall–Kier alpha value is -3.24. The summed E-state index contributed by atoms with van der Waals surface area (Å²) in [7, 11) is 0. The molecule has 4 rings (SSSR count). The molecule has 2 aromatic rings. The molecule has 0 bridgehead atoms. The molecule has 2 aromatic heterocycles. The van der Waals surface area contributed by atoms with Gasteiger partial charge in [-0.25, -0.2) is 9.78 Å². The van der Waals surface area contributed by atoms with E-state index in [9.17, 15) is 33.0 Å². The number of aliphatic hydroxyl groups excluding tert-OH is 2. The minimum Gasteiger partial charge on any atom is -0.481 e. The second-order valence-corrected chi connectivity index (χ2v) is 9.93. The van der Waals surface area contributed by atoms with Gasteiger partial charge >= 0.3 is 18.1 Å². The molecular formula is C23H31F3N6O7. The summed E-state index contributed by atoms with van der Waals surface area (Å²) in [6, 6.07) is 0. The average Bonchev–Trinajstić information content (AvgIpc) is 3.42. The van der Waals surface area contributed by atoms with E-state index in [-0.39, 0.29) is 29.4 Å². The van der Waals surface area contributed by atoms with E-state index in [0.29, 0.717) is 24.8 Å². The first kappa shape index (κ1) is 28.8. The number of nitrogens with one attached hydrogen (secondary N) is 1. The van der Waals surface area contributed by atoms with Gasteiger partial charge in [0.1, 0.15) is 30.4 Å². The summed E-state index contributed by atoms with van der Waals surface area (Å²) < 4.78 is 48.2. The number of hydrogen-bond acceptors (Lipinski definition) is 11. The maximum absolute atomic E-state index is 12.4. The maximum atomic E-state index is 12.4. The maximum Gasteiger partial charge on any atom is 0.490 e. The summed E-state index contributed by atoms with van der Waals surface area (Å²) in [4.78, 5) is 34.5. The van der Waals surface area contributed by atoms with Gasteiger partial charge in [-0.05, 0) is 24.7 Å². The van der Waals surface area contributed by atoms with Crippen molar-refractivity contribution in [2.45, 2.75) is 75.7 Å². The Bertz CT molecular complexity index is 1170. The third-order valence-electron chi connectivity index (χ3n) is 7.24. The molecule has 0 unspecified atom stereocenters. The van der Waals surface area contributed by atoms with Crippen molar-refractivity contribution in [1.82, 2.24) is 19.5 Å². The largest absolute Gasteiger partial charge is 0.490 e. The van der Waals surface area contributed by atoms with Crippen molar-refractivity contribution < 1.29 is 47.6 Å². The molecule has 39 heavy (non-hydrogen) atoms. The number of alkyl halides is 3. The Morgan fingerprint density at radius 3 is 2.44 bits per heavy atom. The lowest BCUT2D eigenvalue weighted by Crippen LogP contribution is -2.36. The molecule has 0 radical (unpaired) electrons. The number of aliphatic hydroxyl groups is 2. The number of nitrogens with zero attached hydrogens (tertiary/aromatic N) is 4. The van der Waals surface area contributed by atoms with Crippen LogP contribution in [-0.2, 0) is 19.1 Å².